The van der Waals surface area contributed by atoms with Gasteiger partial charge in [-0.15, -0.1) is 0 Å². The molecule has 1 amide bonds. The molecular weight excluding hydrogens is 320 g/mol. The maximum absolute atomic E-state index is 12.2. The molecule has 0 heterocycles. The Morgan fingerprint density at radius 2 is 1.80 bits per heavy atom. The van der Waals surface area contributed by atoms with E-state index in [0.717, 1.165) is 6.42 Å². The predicted molar refractivity (Wildman–Crippen MR) is 95.7 cm³/mol. The molecule has 1 N–H and O–H groups in total. The quantitative estimate of drug-likeness (QED) is 0.586. The zero-order chi connectivity index (χ0) is 18.2. The van der Waals surface area contributed by atoms with Crippen molar-refractivity contribution in [3.05, 3.63) is 70.3 Å². The number of nitrogens with one attached hydrogen (secondary N) is 1. The van der Waals surface area contributed by atoms with Gasteiger partial charge < -0.3 is 10.1 Å². The van der Waals surface area contributed by atoms with E-state index in [2.05, 4.69) is 24.4 Å². The van der Waals surface area contributed by atoms with E-state index < -0.39 is 11.0 Å². The summed E-state index contributed by atoms with van der Waals surface area (Å²) in [5.41, 5.74) is 1.17. The first-order valence-electron chi connectivity index (χ1n) is 8.25. The van der Waals surface area contributed by atoms with E-state index in [1.165, 1.54) is 29.8 Å². The Morgan fingerprint density at radius 3 is 2.36 bits per heavy atom. The predicted octanol–water partition coefficient (Wildman–Crippen LogP) is 3.67. The molecule has 0 aromatic heterocycles. The minimum Gasteiger partial charge on any atom is -0.481 e. The summed E-state index contributed by atoms with van der Waals surface area (Å²) in [6, 6.07) is 15.7. The van der Waals surface area contributed by atoms with Gasteiger partial charge >= 0.3 is 0 Å². The fourth-order valence-corrected chi connectivity index (χ4v) is 2.49. The van der Waals surface area contributed by atoms with Gasteiger partial charge in [-0.2, -0.15) is 0 Å². The third kappa shape index (κ3) is 5.31. The number of nitro groups is 1. The third-order valence-corrected chi connectivity index (χ3v) is 4.02. The van der Waals surface area contributed by atoms with Crippen LogP contribution in [0.1, 0.15) is 31.7 Å². The molecule has 0 radical (unpaired) electrons. The Labute approximate surface area is 147 Å². The Kier molecular flexibility index (Phi) is 6.51. The molecule has 132 valence electrons. The van der Waals surface area contributed by atoms with Gasteiger partial charge in [0, 0.05) is 24.6 Å². The Bertz CT molecular complexity index is 701. The number of nitrogens with zero attached hydrogens (tertiary/aromatic N) is 1. The zero-order valence-corrected chi connectivity index (χ0v) is 14.3. The maximum atomic E-state index is 12.2. The summed E-state index contributed by atoms with van der Waals surface area (Å²) in [4.78, 5) is 22.4. The van der Waals surface area contributed by atoms with Crippen molar-refractivity contribution in [1.29, 1.82) is 0 Å². The number of nitro benzene ring substituents is 1. The Balaban J connectivity index is 1.88. The van der Waals surface area contributed by atoms with Crippen molar-refractivity contribution < 1.29 is 14.5 Å². The highest BCUT2D eigenvalue weighted by Gasteiger charge is 2.17. The van der Waals surface area contributed by atoms with Crippen molar-refractivity contribution in [1.82, 2.24) is 5.32 Å². The van der Waals surface area contributed by atoms with Crippen molar-refractivity contribution in [3.8, 4) is 5.75 Å². The second-order valence-corrected chi connectivity index (χ2v) is 5.77. The van der Waals surface area contributed by atoms with Gasteiger partial charge in [0.05, 0.1) is 4.92 Å². The lowest BCUT2D eigenvalue weighted by atomic mass is 9.96. The molecule has 25 heavy (non-hydrogen) atoms. The molecule has 0 unspecified atom stereocenters. The SMILES string of the molecule is CC[C@@H](CNC(=O)[C@@H](C)Oc1ccc([N+](=O)[O-])cc1)c1ccccc1. The van der Waals surface area contributed by atoms with Crippen LogP contribution >= 0.6 is 0 Å². The molecule has 0 bridgehead atoms. The highest BCUT2D eigenvalue weighted by atomic mass is 16.6. The molecule has 2 aromatic rings. The monoisotopic (exact) mass is 342 g/mol. The van der Waals surface area contributed by atoms with E-state index in [9.17, 15) is 14.9 Å². The van der Waals surface area contributed by atoms with Crippen molar-refractivity contribution in [2.24, 2.45) is 0 Å². The number of benzene rings is 2. The topological polar surface area (TPSA) is 81.5 Å². The van der Waals surface area contributed by atoms with E-state index in [4.69, 9.17) is 4.74 Å². The van der Waals surface area contributed by atoms with Gasteiger partial charge in [0.2, 0.25) is 0 Å². The normalized spacial score (nSPS) is 12.9. The molecule has 6 nitrogen and oxygen atoms in total. The third-order valence-electron chi connectivity index (χ3n) is 4.02. The Morgan fingerprint density at radius 1 is 1.16 bits per heavy atom. The van der Waals surface area contributed by atoms with Crippen molar-refractivity contribution in [2.75, 3.05) is 6.54 Å². The van der Waals surface area contributed by atoms with Crippen molar-refractivity contribution in [3.63, 3.8) is 0 Å². The fraction of sp³-hybridized carbons (Fsp3) is 0.316. The molecule has 0 aliphatic heterocycles. The van der Waals surface area contributed by atoms with Crippen LogP contribution in [0.25, 0.3) is 0 Å². The van der Waals surface area contributed by atoms with Gasteiger partial charge in [0.1, 0.15) is 5.75 Å². The van der Waals surface area contributed by atoms with Gasteiger partial charge in [-0.1, -0.05) is 37.3 Å². The first-order valence-corrected chi connectivity index (χ1v) is 8.25. The summed E-state index contributed by atoms with van der Waals surface area (Å²) < 4.78 is 5.55. The average Bonchev–Trinajstić information content (AvgIpc) is 2.63. The van der Waals surface area contributed by atoms with Crippen LogP contribution in [0, 0.1) is 10.1 Å². The minimum atomic E-state index is -0.685. The zero-order valence-electron chi connectivity index (χ0n) is 14.3. The minimum absolute atomic E-state index is 0.0156. The van der Waals surface area contributed by atoms with Gasteiger partial charge in [-0.3, -0.25) is 14.9 Å². The second kappa shape index (κ2) is 8.82. The summed E-state index contributed by atoms with van der Waals surface area (Å²) in [6.07, 6.45) is 0.233. The smallest absolute Gasteiger partial charge is 0.269 e. The van der Waals surface area contributed by atoms with Crippen molar-refractivity contribution >= 4 is 11.6 Å². The van der Waals surface area contributed by atoms with E-state index in [1.54, 1.807) is 6.92 Å². The molecule has 0 aliphatic rings. The van der Waals surface area contributed by atoms with Crippen LogP contribution in [0.15, 0.2) is 54.6 Å². The van der Waals surface area contributed by atoms with Gasteiger partial charge in [-0.05, 0) is 31.0 Å². The molecule has 0 aliphatic carbocycles. The largest absolute Gasteiger partial charge is 0.481 e. The highest BCUT2D eigenvalue weighted by Crippen LogP contribution is 2.19. The van der Waals surface area contributed by atoms with Crippen LogP contribution in [-0.4, -0.2) is 23.5 Å². The number of ether oxygens (including phenoxy) is 1. The van der Waals surface area contributed by atoms with E-state index in [-0.39, 0.29) is 17.5 Å². The van der Waals surface area contributed by atoms with Gasteiger partial charge in [0.15, 0.2) is 6.10 Å². The summed E-state index contributed by atoms with van der Waals surface area (Å²) >= 11 is 0. The molecular formula is C19H22N2O4. The molecule has 2 rings (SSSR count). The summed E-state index contributed by atoms with van der Waals surface area (Å²) in [6.45, 7) is 4.27. The molecule has 6 heteroatoms. The number of hydrogen-bond donors (Lipinski definition) is 1. The first-order chi connectivity index (χ1) is 12.0. The van der Waals surface area contributed by atoms with Gasteiger partial charge in [-0.25, -0.2) is 0 Å². The van der Waals surface area contributed by atoms with Crippen LogP contribution in [0.5, 0.6) is 5.75 Å². The highest BCUT2D eigenvalue weighted by molar-refractivity contribution is 5.80. The maximum Gasteiger partial charge on any atom is 0.269 e. The summed E-state index contributed by atoms with van der Waals surface area (Å²) in [5, 5.41) is 13.5. The lowest BCUT2D eigenvalue weighted by Gasteiger charge is -2.19. The van der Waals surface area contributed by atoms with Crippen LogP contribution in [0.4, 0.5) is 5.69 Å². The first kappa shape index (κ1) is 18.4. The number of amides is 1. The van der Waals surface area contributed by atoms with Gasteiger partial charge in [0.25, 0.3) is 11.6 Å². The van der Waals surface area contributed by atoms with Crippen molar-refractivity contribution in [2.45, 2.75) is 32.3 Å². The fourth-order valence-electron chi connectivity index (χ4n) is 2.49. The van der Waals surface area contributed by atoms with Crippen LogP contribution in [0.2, 0.25) is 0 Å². The summed E-state index contributed by atoms with van der Waals surface area (Å²) in [5.74, 6) is 0.452. The van der Waals surface area contributed by atoms with Crippen LogP contribution < -0.4 is 10.1 Å². The lowest BCUT2D eigenvalue weighted by Crippen LogP contribution is -2.38. The molecule has 2 atom stereocenters. The number of carbonyl (C=O) groups is 1. The molecule has 0 saturated carbocycles. The van der Waals surface area contributed by atoms with E-state index >= 15 is 0 Å². The van der Waals surface area contributed by atoms with E-state index in [1.807, 2.05) is 18.2 Å². The number of carbonyl (C=O) groups excluding carboxylic acids is 1. The second-order valence-electron chi connectivity index (χ2n) is 5.77. The summed E-state index contributed by atoms with van der Waals surface area (Å²) in [7, 11) is 0. The standard InChI is InChI=1S/C19H22N2O4/c1-3-15(16-7-5-4-6-8-16)13-20-19(22)14(2)25-18-11-9-17(10-12-18)21(23)24/h4-12,14-15H,3,13H2,1-2H3,(H,20,22)/t14-,15+/m1/s1. The van der Waals surface area contributed by atoms with E-state index in [0.29, 0.717) is 12.3 Å². The number of non-ortho nitro benzene ring substituents is 1. The number of rotatable bonds is 8. The lowest BCUT2D eigenvalue weighted by molar-refractivity contribution is -0.384. The van der Waals surface area contributed by atoms with Crippen LogP contribution in [-0.2, 0) is 4.79 Å². The average molecular weight is 342 g/mol. The Hall–Kier alpha value is -2.89. The molecule has 0 spiro atoms. The van der Waals surface area contributed by atoms with Crippen LogP contribution in [0.3, 0.4) is 0 Å². The molecule has 2 aromatic carbocycles. The number of hydrogen-bond acceptors (Lipinski definition) is 4. The molecule has 0 saturated heterocycles. The molecule has 0 fully saturated rings.